The van der Waals surface area contributed by atoms with Crippen molar-refractivity contribution in [1.29, 1.82) is 0 Å². The van der Waals surface area contributed by atoms with Gasteiger partial charge in [0.2, 0.25) is 0 Å². The van der Waals surface area contributed by atoms with Crippen LogP contribution in [0.1, 0.15) is 26.7 Å². The summed E-state index contributed by atoms with van der Waals surface area (Å²) in [6, 6.07) is 7.97. The molecule has 0 aromatic heterocycles. The van der Waals surface area contributed by atoms with Crippen molar-refractivity contribution in [2.24, 2.45) is 17.1 Å². The zero-order chi connectivity index (χ0) is 24.1. The molecule has 2 atom stereocenters. The van der Waals surface area contributed by atoms with Gasteiger partial charge < -0.3 is 30.7 Å². The van der Waals surface area contributed by atoms with Crippen LogP contribution in [0, 0.1) is 11.3 Å². The summed E-state index contributed by atoms with van der Waals surface area (Å²) in [7, 11) is -3.10. The number of nitrogens with one attached hydrogen (secondary N) is 1. The van der Waals surface area contributed by atoms with Crippen molar-refractivity contribution in [2.75, 3.05) is 62.3 Å². The largest absolute Gasteiger partial charge is 0.494 e. The lowest BCUT2D eigenvalue weighted by atomic mass is 9.73. The average molecular weight is 483 g/mol. The average Bonchev–Trinajstić information content (AvgIpc) is 3.02. The Bertz CT molecular complexity index is 891. The molecule has 4 N–H and O–H groups in total. The molecule has 3 aliphatic rings. The van der Waals surface area contributed by atoms with Gasteiger partial charge in [-0.3, -0.25) is 0 Å². The fourth-order valence-electron chi connectivity index (χ4n) is 5.04. The second kappa shape index (κ2) is 10.9. The topological polar surface area (TPSA) is 125 Å². The minimum Gasteiger partial charge on any atom is -0.494 e. The van der Waals surface area contributed by atoms with Crippen molar-refractivity contribution in [3.63, 3.8) is 0 Å². The number of carbonyl (C=O) groups excluding carboxylic acids is 1. The Morgan fingerprint density at radius 3 is 2.61 bits per heavy atom. The first-order valence-electron chi connectivity index (χ1n) is 11.7. The molecule has 2 bridgehead atoms. The predicted molar refractivity (Wildman–Crippen MR) is 129 cm³/mol. The Hall–Kier alpha value is -2.04. The summed E-state index contributed by atoms with van der Waals surface area (Å²) in [5.41, 5.74) is 6.48. The molecule has 1 aromatic carbocycles. The smallest absolute Gasteiger partial charge is 0.317 e. The van der Waals surface area contributed by atoms with Gasteiger partial charge in [-0.1, -0.05) is 13.8 Å². The van der Waals surface area contributed by atoms with E-state index in [1.165, 1.54) is 0 Å². The SMILES string of the molecule is CC1(C)C[C@@H]2CN(C(=O)NCCO)C[C@H]1N(c1ccc(OCCCS(=O)(=O)CCN)cc1)C2. The fraction of sp³-hybridized carbons (Fsp3) is 0.696. The number of nitrogens with zero attached hydrogens (tertiary/aromatic N) is 2. The number of carbonyl (C=O) groups is 1. The highest BCUT2D eigenvalue weighted by Gasteiger charge is 2.46. The summed E-state index contributed by atoms with van der Waals surface area (Å²) in [6.07, 6.45) is 1.49. The monoisotopic (exact) mass is 482 g/mol. The second-order valence-corrected chi connectivity index (χ2v) is 12.0. The summed E-state index contributed by atoms with van der Waals surface area (Å²) in [5, 5.41) is 11.8. The van der Waals surface area contributed by atoms with Crippen LogP contribution in [0.5, 0.6) is 5.75 Å². The third-order valence-corrected chi connectivity index (χ3v) is 8.33. The minimum absolute atomic E-state index is 0.0105. The number of aliphatic hydroxyl groups excluding tert-OH is 1. The molecule has 186 valence electrons. The number of hydrogen-bond acceptors (Lipinski definition) is 7. The molecule has 3 saturated heterocycles. The molecule has 0 saturated carbocycles. The number of anilines is 1. The van der Waals surface area contributed by atoms with E-state index in [9.17, 15) is 13.2 Å². The molecule has 3 aliphatic heterocycles. The van der Waals surface area contributed by atoms with Crippen LogP contribution in [-0.4, -0.2) is 87.9 Å². The van der Waals surface area contributed by atoms with Gasteiger partial charge in [0.1, 0.15) is 5.75 Å². The van der Waals surface area contributed by atoms with E-state index in [0.717, 1.165) is 18.7 Å². The third-order valence-electron chi connectivity index (χ3n) is 6.56. The van der Waals surface area contributed by atoms with Crippen molar-refractivity contribution in [3.05, 3.63) is 24.3 Å². The maximum Gasteiger partial charge on any atom is 0.317 e. The standard InChI is InChI=1S/C23H38N4O5S/c1-23(2)14-18-15-26(22(29)25-9-10-28)17-21(23)27(16-18)19-4-6-20(7-5-19)32-11-3-12-33(30,31)13-8-24/h4-7,18,21,28H,3,8-17,24H2,1-2H3,(H,25,29)/t18-,21-/m1/s1. The van der Waals surface area contributed by atoms with E-state index in [1.54, 1.807) is 0 Å². The van der Waals surface area contributed by atoms with Gasteiger partial charge in [-0.2, -0.15) is 0 Å². The first kappa shape index (κ1) is 25.6. The van der Waals surface area contributed by atoms with E-state index in [2.05, 4.69) is 24.1 Å². The van der Waals surface area contributed by atoms with E-state index < -0.39 is 9.84 Å². The van der Waals surface area contributed by atoms with Gasteiger partial charge in [0.05, 0.1) is 30.8 Å². The van der Waals surface area contributed by atoms with Crippen molar-refractivity contribution in [1.82, 2.24) is 10.2 Å². The molecular weight excluding hydrogens is 444 g/mol. The van der Waals surface area contributed by atoms with Crippen LogP contribution in [0.25, 0.3) is 0 Å². The quantitative estimate of drug-likeness (QED) is 0.426. The normalized spacial score (nSPS) is 22.2. The zero-order valence-corrected chi connectivity index (χ0v) is 20.5. The third kappa shape index (κ3) is 6.74. The molecule has 10 heteroatoms. The van der Waals surface area contributed by atoms with Gasteiger partial charge in [0.25, 0.3) is 0 Å². The van der Waals surface area contributed by atoms with E-state index >= 15 is 0 Å². The molecule has 0 unspecified atom stereocenters. The summed E-state index contributed by atoms with van der Waals surface area (Å²) < 4.78 is 29.2. The molecule has 0 aliphatic carbocycles. The van der Waals surface area contributed by atoms with Gasteiger partial charge in [-0.05, 0) is 48.4 Å². The zero-order valence-electron chi connectivity index (χ0n) is 19.7. The molecular formula is C23H38N4O5S. The molecule has 3 heterocycles. The number of sulfone groups is 1. The Kier molecular flexibility index (Phi) is 8.47. The van der Waals surface area contributed by atoms with Gasteiger partial charge in [-0.25, -0.2) is 13.2 Å². The van der Waals surface area contributed by atoms with Crippen LogP contribution in [0.4, 0.5) is 10.5 Å². The number of piperidine rings is 1. The lowest BCUT2D eigenvalue weighted by Gasteiger charge is -2.48. The van der Waals surface area contributed by atoms with E-state index in [4.69, 9.17) is 15.6 Å². The minimum atomic E-state index is -3.10. The van der Waals surface area contributed by atoms with Gasteiger partial charge in [0.15, 0.2) is 9.84 Å². The van der Waals surface area contributed by atoms with Crippen LogP contribution in [0.3, 0.4) is 0 Å². The molecule has 4 rings (SSSR count). The Labute approximate surface area is 197 Å². The maximum absolute atomic E-state index is 12.6. The molecule has 0 radical (unpaired) electrons. The number of benzene rings is 1. The maximum atomic E-state index is 12.6. The van der Waals surface area contributed by atoms with Crippen LogP contribution < -0.4 is 20.7 Å². The van der Waals surface area contributed by atoms with E-state index in [-0.39, 0.29) is 48.7 Å². The van der Waals surface area contributed by atoms with Crippen LogP contribution in [0.2, 0.25) is 0 Å². The van der Waals surface area contributed by atoms with Crippen molar-refractivity contribution >= 4 is 21.6 Å². The lowest BCUT2D eigenvalue weighted by Crippen LogP contribution is -2.54. The molecule has 3 fully saturated rings. The summed E-state index contributed by atoms with van der Waals surface area (Å²) in [6.45, 7) is 7.44. The summed E-state index contributed by atoms with van der Waals surface area (Å²) in [5.74, 6) is 1.16. The van der Waals surface area contributed by atoms with Crippen LogP contribution in [-0.2, 0) is 9.84 Å². The Morgan fingerprint density at radius 2 is 1.94 bits per heavy atom. The number of aliphatic hydroxyl groups is 1. The van der Waals surface area contributed by atoms with Gasteiger partial charge in [0, 0.05) is 38.4 Å². The first-order valence-corrected chi connectivity index (χ1v) is 13.5. The number of amides is 2. The summed E-state index contributed by atoms with van der Waals surface area (Å²) >= 11 is 0. The van der Waals surface area contributed by atoms with Gasteiger partial charge in [-0.15, -0.1) is 0 Å². The van der Waals surface area contributed by atoms with Crippen molar-refractivity contribution < 1.29 is 23.1 Å². The highest BCUT2D eigenvalue weighted by molar-refractivity contribution is 7.91. The number of hydrogen-bond donors (Lipinski definition) is 3. The highest BCUT2D eigenvalue weighted by Crippen LogP contribution is 2.43. The highest BCUT2D eigenvalue weighted by atomic mass is 32.2. The van der Waals surface area contributed by atoms with Crippen LogP contribution >= 0.6 is 0 Å². The molecule has 0 spiro atoms. The second-order valence-electron chi connectivity index (χ2n) is 9.72. The number of nitrogens with two attached hydrogens (primary N) is 1. The van der Waals surface area contributed by atoms with Crippen molar-refractivity contribution in [2.45, 2.75) is 32.7 Å². The first-order chi connectivity index (χ1) is 15.6. The number of fused-ring (bicyclic) bond motifs is 4. The lowest BCUT2D eigenvalue weighted by molar-refractivity contribution is 0.185. The molecule has 2 amide bonds. The number of rotatable bonds is 10. The Morgan fingerprint density at radius 1 is 1.21 bits per heavy atom. The predicted octanol–water partition coefficient (Wildman–Crippen LogP) is 1.07. The molecule has 1 aromatic rings. The number of ether oxygens (including phenoxy) is 1. The fourth-order valence-corrected chi connectivity index (χ4v) is 6.17. The summed E-state index contributed by atoms with van der Waals surface area (Å²) in [4.78, 5) is 16.9. The number of urea groups is 1. The van der Waals surface area contributed by atoms with E-state index in [1.807, 2.05) is 29.2 Å². The Balaban J connectivity index is 1.62. The van der Waals surface area contributed by atoms with Crippen LogP contribution in [0.15, 0.2) is 24.3 Å². The molecule has 33 heavy (non-hydrogen) atoms. The molecule has 9 nitrogen and oxygen atoms in total. The van der Waals surface area contributed by atoms with Gasteiger partial charge >= 0.3 is 6.03 Å². The van der Waals surface area contributed by atoms with E-state index in [0.29, 0.717) is 37.8 Å². The van der Waals surface area contributed by atoms with Crippen molar-refractivity contribution in [3.8, 4) is 5.75 Å².